The Morgan fingerprint density at radius 2 is 2.25 bits per heavy atom. The normalized spacial score (nSPS) is 10.2. The molecule has 1 nitrogen and oxygen atoms in total. The molecule has 0 aliphatic rings. The third kappa shape index (κ3) is 2.88. The lowest BCUT2D eigenvalue weighted by molar-refractivity contribution is 0.299. The molecule has 0 radical (unpaired) electrons. The van der Waals surface area contributed by atoms with Gasteiger partial charge in [0.05, 0.1) is 0 Å². The summed E-state index contributed by atoms with van der Waals surface area (Å²) in [6.07, 6.45) is 0.762. The smallest absolute Gasteiger partial charge is 0.0471 e. The van der Waals surface area contributed by atoms with Crippen molar-refractivity contribution in [1.82, 2.24) is 0 Å². The lowest BCUT2D eigenvalue weighted by Crippen LogP contribution is -1.89. The van der Waals surface area contributed by atoms with E-state index in [1.54, 1.807) is 0 Å². The van der Waals surface area contributed by atoms with E-state index in [9.17, 15) is 0 Å². The van der Waals surface area contributed by atoms with Crippen molar-refractivity contribution in [2.75, 3.05) is 12.4 Å². The van der Waals surface area contributed by atoms with Crippen LogP contribution >= 0.6 is 11.8 Å². The Hall–Kier alpha value is -0.470. The Morgan fingerprint density at radius 3 is 2.92 bits per heavy atom. The van der Waals surface area contributed by atoms with Gasteiger partial charge in [-0.25, -0.2) is 0 Å². The van der Waals surface area contributed by atoms with Crippen molar-refractivity contribution in [3.05, 3.63) is 29.8 Å². The van der Waals surface area contributed by atoms with Gasteiger partial charge >= 0.3 is 0 Å². The van der Waals surface area contributed by atoms with Crippen molar-refractivity contribution in [3.8, 4) is 0 Å². The number of thioether (sulfide) groups is 1. The summed E-state index contributed by atoms with van der Waals surface area (Å²) in [6, 6.07) is 8.35. The van der Waals surface area contributed by atoms with Crippen molar-refractivity contribution >= 4 is 11.8 Å². The van der Waals surface area contributed by atoms with Crippen molar-refractivity contribution in [1.29, 1.82) is 0 Å². The van der Waals surface area contributed by atoms with Gasteiger partial charge in [0.25, 0.3) is 0 Å². The fraction of sp³-hybridized carbons (Fsp3) is 0.400. The molecule has 0 fully saturated rings. The SMILES string of the molecule is CCSc1cccc(CCO)c1. The highest BCUT2D eigenvalue weighted by Gasteiger charge is 1.94. The van der Waals surface area contributed by atoms with Crippen LogP contribution in [0.2, 0.25) is 0 Å². The Bertz CT molecular complexity index is 214. The molecular formula is C10H14OS. The summed E-state index contributed by atoms with van der Waals surface area (Å²) in [5.74, 6) is 1.10. The minimum absolute atomic E-state index is 0.236. The number of hydrogen-bond acceptors (Lipinski definition) is 2. The van der Waals surface area contributed by atoms with Gasteiger partial charge in [-0.2, -0.15) is 0 Å². The summed E-state index contributed by atoms with van der Waals surface area (Å²) in [7, 11) is 0. The van der Waals surface area contributed by atoms with Gasteiger partial charge in [0.2, 0.25) is 0 Å². The Morgan fingerprint density at radius 1 is 1.42 bits per heavy atom. The van der Waals surface area contributed by atoms with Crippen LogP contribution in [0.25, 0.3) is 0 Å². The molecule has 1 N–H and O–H groups in total. The molecule has 0 bridgehead atoms. The van der Waals surface area contributed by atoms with Crippen molar-refractivity contribution in [2.45, 2.75) is 18.2 Å². The van der Waals surface area contributed by atoms with Crippen molar-refractivity contribution in [3.63, 3.8) is 0 Å². The summed E-state index contributed by atoms with van der Waals surface area (Å²) in [6.45, 7) is 2.38. The van der Waals surface area contributed by atoms with Gasteiger partial charge in [-0.15, -0.1) is 11.8 Å². The summed E-state index contributed by atoms with van der Waals surface area (Å²) in [4.78, 5) is 1.29. The van der Waals surface area contributed by atoms with E-state index in [1.807, 2.05) is 17.8 Å². The average Bonchev–Trinajstić information content (AvgIpc) is 2.06. The largest absolute Gasteiger partial charge is 0.396 e. The van der Waals surface area contributed by atoms with E-state index in [1.165, 1.54) is 10.5 Å². The maximum atomic E-state index is 8.73. The van der Waals surface area contributed by atoms with Crippen LogP contribution in [0.1, 0.15) is 12.5 Å². The highest BCUT2D eigenvalue weighted by atomic mass is 32.2. The summed E-state index contributed by atoms with van der Waals surface area (Å²) in [5, 5.41) is 8.73. The molecule has 2 heteroatoms. The molecule has 0 aliphatic heterocycles. The second-order valence-electron chi connectivity index (χ2n) is 2.55. The number of aliphatic hydroxyl groups excluding tert-OH is 1. The van der Waals surface area contributed by atoms with Crippen LogP contribution in [0, 0.1) is 0 Å². The van der Waals surface area contributed by atoms with Crippen molar-refractivity contribution in [2.24, 2.45) is 0 Å². The maximum Gasteiger partial charge on any atom is 0.0471 e. The van der Waals surface area contributed by atoms with E-state index in [4.69, 9.17) is 5.11 Å². The zero-order valence-corrected chi connectivity index (χ0v) is 8.10. The fourth-order valence-electron chi connectivity index (χ4n) is 1.09. The predicted octanol–water partition coefficient (Wildman–Crippen LogP) is 2.33. The molecule has 0 spiro atoms. The Balaban J connectivity index is 2.67. The third-order valence-electron chi connectivity index (χ3n) is 1.61. The first-order valence-corrected chi connectivity index (χ1v) is 5.18. The molecule has 1 aromatic carbocycles. The van der Waals surface area contributed by atoms with E-state index >= 15 is 0 Å². The van der Waals surface area contributed by atoms with Gasteiger partial charge in [0, 0.05) is 11.5 Å². The standard InChI is InChI=1S/C10H14OS/c1-2-12-10-5-3-4-9(8-10)6-7-11/h3-5,8,11H,2,6-7H2,1H3. The van der Waals surface area contributed by atoms with E-state index in [2.05, 4.69) is 25.1 Å². The van der Waals surface area contributed by atoms with Gasteiger partial charge < -0.3 is 5.11 Å². The van der Waals surface area contributed by atoms with Crippen LogP contribution in [-0.4, -0.2) is 17.5 Å². The lowest BCUT2D eigenvalue weighted by atomic mass is 10.2. The molecule has 0 heterocycles. The number of rotatable bonds is 4. The van der Waals surface area contributed by atoms with Crippen LogP contribution in [0.3, 0.4) is 0 Å². The Labute approximate surface area is 77.8 Å². The molecular weight excluding hydrogens is 168 g/mol. The van der Waals surface area contributed by atoms with Gasteiger partial charge in [0.1, 0.15) is 0 Å². The highest BCUT2D eigenvalue weighted by molar-refractivity contribution is 7.99. The minimum atomic E-state index is 0.236. The number of hydrogen-bond donors (Lipinski definition) is 1. The van der Waals surface area contributed by atoms with E-state index < -0.39 is 0 Å². The highest BCUT2D eigenvalue weighted by Crippen LogP contribution is 2.18. The lowest BCUT2D eigenvalue weighted by Gasteiger charge is -2.01. The van der Waals surface area contributed by atoms with E-state index in [0.717, 1.165) is 12.2 Å². The fourth-order valence-corrected chi connectivity index (χ4v) is 1.83. The first-order valence-electron chi connectivity index (χ1n) is 4.19. The molecule has 12 heavy (non-hydrogen) atoms. The summed E-state index contributed by atoms with van der Waals surface area (Å²) < 4.78 is 0. The summed E-state index contributed by atoms with van der Waals surface area (Å²) in [5.41, 5.74) is 1.22. The van der Waals surface area contributed by atoms with Crippen LogP contribution in [-0.2, 0) is 6.42 Å². The number of benzene rings is 1. The summed E-state index contributed by atoms with van der Waals surface area (Å²) >= 11 is 1.83. The van der Waals surface area contributed by atoms with Crippen molar-refractivity contribution < 1.29 is 5.11 Å². The molecule has 1 rings (SSSR count). The molecule has 0 saturated carbocycles. The first kappa shape index (κ1) is 9.62. The van der Waals surface area contributed by atoms with Gasteiger partial charge in [-0.05, 0) is 29.9 Å². The monoisotopic (exact) mass is 182 g/mol. The molecule has 0 amide bonds. The molecule has 0 atom stereocenters. The van der Waals surface area contributed by atoms with E-state index in [0.29, 0.717) is 0 Å². The van der Waals surface area contributed by atoms with Crippen LogP contribution in [0.4, 0.5) is 0 Å². The first-order chi connectivity index (χ1) is 5.86. The van der Waals surface area contributed by atoms with Gasteiger partial charge in [-0.3, -0.25) is 0 Å². The minimum Gasteiger partial charge on any atom is -0.396 e. The number of aliphatic hydroxyl groups is 1. The molecule has 0 saturated heterocycles. The molecule has 0 aromatic heterocycles. The van der Waals surface area contributed by atoms with Gasteiger partial charge in [0.15, 0.2) is 0 Å². The predicted molar refractivity (Wildman–Crippen MR) is 53.6 cm³/mol. The zero-order chi connectivity index (χ0) is 8.81. The molecule has 0 aliphatic carbocycles. The Kier molecular flexibility index (Phi) is 4.19. The maximum absolute atomic E-state index is 8.73. The molecule has 0 unspecified atom stereocenters. The second kappa shape index (κ2) is 5.22. The third-order valence-corrected chi connectivity index (χ3v) is 2.49. The quantitative estimate of drug-likeness (QED) is 0.721. The van der Waals surface area contributed by atoms with Crippen LogP contribution < -0.4 is 0 Å². The zero-order valence-electron chi connectivity index (χ0n) is 7.29. The van der Waals surface area contributed by atoms with Crippen LogP contribution in [0.15, 0.2) is 29.2 Å². The van der Waals surface area contributed by atoms with Crippen LogP contribution in [0.5, 0.6) is 0 Å². The molecule has 66 valence electrons. The van der Waals surface area contributed by atoms with Gasteiger partial charge in [-0.1, -0.05) is 19.1 Å². The topological polar surface area (TPSA) is 20.2 Å². The van der Waals surface area contributed by atoms with E-state index in [-0.39, 0.29) is 6.61 Å². The average molecular weight is 182 g/mol. The molecule has 1 aromatic rings. The second-order valence-corrected chi connectivity index (χ2v) is 3.89.